The summed E-state index contributed by atoms with van der Waals surface area (Å²) in [4.78, 5) is 0. The number of allylic oxidation sites excluding steroid dienone is 2. The van der Waals surface area contributed by atoms with Gasteiger partial charge in [-0.1, -0.05) is 29.8 Å². The average Bonchev–Trinajstić information content (AvgIpc) is 2.22. The van der Waals surface area contributed by atoms with Gasteiger partial charge in [-0.3, -0.25) is 0 Å². The lowest BCUT2D eigenvalue weighted by atomic mass is 9.93. The van der Waals surface area contributed by atoms with Crippen LogP contribution >= 0.6 is 23.2 Å². The third-order valence-electron chi connectivity index (χ3n) is 2.85. The Labute approximate surface area is 101 Å². The van der Waals surface area contributed by atoms with Gasteiger partial charge in [-0.15, -0.1) is 11.6 Å². The number of hydrogen-bond acceptors (Lipinski definition) is 0. The summed E-state index contributed by atoms with van der Waals surface area (Å²) in [6.45, 7) is 2.02. The monoisotopic (exact) mass is 240 g/mol. The summed E-state index contributed by atoms with van der Waals surface area (Å²) in [6.07, 6.45) is 5.53. The van der Waals surface area contributed by atoms with Crippen molar-refractivity contribution in [3.8, 4) is 0 Å². The molecule has 0 N–H and O–H groups in total. The van der Waals surface area contributed by atoms with Crippen LogP contribution in [0.5, 0.6) is 0 Å². The smallest absolute Gasteiger partial charge is 0.0522 e. The molecule has 0 aromatic heterocycles. The maximum absolute atomic E-state index is 6.12. The molecule has 0 aliphatic heterocycles. The average molecular weight is 241 g/mol. The first-order valence-electron chi connectivity index (χ1n) is 5.28. The molecule has 15 heavy (non-hydrogen) atoms. The lowest BCUT2D eigenvalue weighted by Gasteiger charge is -2.17. The number of rotatable bonds is 1. The van der Waals surface area contributed by atoms with Crippen molar-refractivity contribution in [3.63, 3.8) is 0 Å². The number of hydrogen-bond donors (Lipinski definition) is 0. The van der Waals surface area contributed by atoms with E-state index in [4.69, 9.17) is 23.2 Å². The Kier molecular flexibility index (Phi) is 3.38. The first-order chi connectivity index (χ1) is 7.16. The second-order valence-corrected chi connectivity index (χ2v) is 5.03. The fourth-order valence-corrected chi connectivity index (χ4v) is 2.39. The number of halogens is 2. The lowest BCUT2D eigenvalue weighted by Crippen LogP contribution is -2.02. The van der Waals surface area contributed by atoms with E-state index in [1.54, 1.807) is 0 Å². The van der Waals surface area contributed by atoms with Crippen LogP contribution in [0.3, 0.4) is 0 Å². The van der Waals surface area contributed by atoms with E-state index in [9.17, 15) is 0 Å². The molecule has 2 rings (SSSR count). The van der Waals surface area contributed by atoms with Crippen LogP contribution in [-0.2, 0) is 0 Å². The highest BCUT2D eigenvalue weighted by Gasteiger charge is 2.12. The van der Waals surface area contributed by atoms with Crippen LogP contribution in [0.1, 0.15) is 30.4 Å². The molecule has 0 spiro atoms. The van der Waals surface area contributed by atoms with Crippen molar-refractivity contribution in [2.75, 3.05) is 0 Å². The molecule has 1 aliphatic rings. The third-order valence-corrected chi connectivity index (χ3v) is 3.60. The van der Waals surface area contributed by atoms with Gasteiger partial charge in [-0.05, 0) is 49.0 Å². The summed E-state index contributed by atoms with van der Waals surface area (Å²) in [5.41, 5.74) is 3.68. The van der Waals surface area contributed by atoms with E-state index in [0.29, 0.717) is 0 Å². The first-order valence-corrected chi connectivity index (χ1v) is 6.09. The molecule has 80 valence electrons. The van der Waals surface area contributed by atoms with Crippen molar-refractivity contribution in [2.45, 2.75) is 31.6 Å². The van der Waals surface area contributed by atoms with Gasteiger partial charge < -0.3 is 0 Å². The Morgan fingerprint density at radius 1 is 1.33 bits per heavy atom. The van der Waals surface area contributed by atoms with E-state index >= 15 is 0 Å². The minimum atomic E-state index is 0.189. The van der Waals surface area contributed by atoms with Crippen LogP contribution in [-0.4, -0.2) is 5.38 Å². The Bertz CT molecular complexity index is 394. The zero-order chi connectivity index (χ0) is 10.8. The second kappa shape index (κ2) is 4.59. The molecule has 0 radical (unpaired) electrons. The molecule has 1 aromatic carbocycles. The van der Waals surface area contributed by atoms with E-state index in [-0.39, 0.29) is 5.38 Å². The van der Waals surface area contributed by atoms with Crippen molar-refractivity contribution < 1.29 is 0 Å². The van der Waals surface area contributed by atoms with Crippen molar-refractivity contribution in [1.29, 1.82) is 0 Å². The number of benzene rings is 1. The summed E-state index contributed by atoms with van der Waals surface area (Å²) < 4.78 is 0. The molecular weight excluding hydrogens is 227 g/mol. The van der Waals surface area contributed by atoms with Gasteiger partial charge >= 0.3 is 0 Å². The first kappa shape index (κ1) is 11.0. The SMILES string of the molecule is Cc1ccc(C2=CC(Cl)CCC2)cc1Cl. The van der Waals surface area contributed by atoms with Crippen molar-refractivity contribution in [2.24, 2.45) is 0 Å². The largest absolute Gasteiger partial charge is 0.118 e. The normalized spacial score (nSPS) is 21.3. The summed E-state index contributed by atoms with van der Waals surface area (Å²) in [5, 5.41) is 1.03. The maximum Gasteiger partial charge on any atom is 0.0522 e. The van der Waals surface area contributed by atoms with Crippen LogP contribution in [0.25, 0.3) is 5.57 Å². The van der Waals surface area contributed by atoms with Gasteiger partial charge in [0, 0.05) is 5.02 Å². The second-order valence-electron chi connectivity index (χ2n) is 4.06. The molecule has 0 nitrogen and oxygen atoms in total. The van der Waals surface area contributed by atoms with Gasteiger partial charge in [-0.25, -0.2) is 0 Å². The van der Waals surface area contributed by atoms with E-state index in [2.05, 4.69) is 18.2 Å². The van der Waals surface area contributed by atoms with E-state index < -0.39 is 0 Å². The number of alkyl halides is 1. The molecule has 0 fully saturated rings. The van der Waals surface area contributed by atoms with E-state index in [0.717, 1.165) is 23.4 Å². The predicted octanol–water partition coefficient (Wildman–Crippen LogP) is 4.82. The summed E-state index contributed by atoms with van der Waals surface area (Å²) in [7, 11) is 0. The van der Waals surface area contributed by atoms with Gasteiger partial charge in [0.05, 0.1) is 5.38 Å². The van der Waals surface area contributed by atoms with Crippen LogP contribution in [0.4, 0.5) is 0 Å². The van der Waals surface area contributed by atoms with Gasteiger partial charge in [0.15, 0.2) is 0 Å². The molecule has 1 atom stereocenters. The third kappa shape index (κ3) is 2.56. The van der Waals surface area contributed by atoms with E-state index in [1.807, 2.05) is 13.0 Å². The Hall–Kier alpha value is -0.460. The quantitative estimate of drug-likeness (QED) is 0.618. The minimum absolute atomic E-state index is 0.189. The fraction of sp³-hybridized carbons (Fsp3) is 0.385. The Balaban J connectivity index is 2.33. The van der Waals surface area contributed by atoms with Gasteiger partial charge in [-0.2, -0.15) is 0 Å². The Morgan fingerprint density at radius 2 is 2.13 bits per heavy atom. The predicted molar refractivity (Wildman–Crippen MR) is 67.7 cm³/mol. The molecule has 0 saturated carbocycles. The zero-order valence-corrected chi connectivity index (χ0v) is 10.3. The molecular formula is C13H14Cl2. The highest BCUT2D eigenvalue weighted by Crippen LogP contribution is 2.31. The van der Waals surface area contributed by atoms with Gasteiger partial charge in [0.1, 0.15) is 0 Å². The molecule has 1 aliphatic carbocycles. The van der Waals surface area contributed by atoms with Crippen LogP contribution in [0, 0.1) is 6.92 Å². The molecule has 0 saturated heterocycles. The highest BCUT2D eigenvalue weighted by molar-refractivity contribution is 6.31. The topological polar surface area (TPSA) is 0 Å². The Morgan fingerprint density at radius 3 is 2.80 bits per heavy atom. The highest BCUT2D eigenvalue weighted by atomic mass is 35.5. The van der Waals surface area contributed by atoms with Crippen molar-refractivity contribution in [3.05, 3.63) is 40.4 Å². The van der Waals surface area contributed by atoms with Gasteiger partial charge in [0.2, 0.25) is 0 Å². The van der Waals surface area contributed by atoms with Crippen molar-refractivity contribution >= 4 is 28.8 Å². The standard InChI is InChI=1S/C13H14Cl2/c1-9-5-6-11(8-13(9)15)10-3-2-4-12(14)7-10/h5-8,12H,2-4H2,1H3. The maximum atomic E-state index is 6.12. The molecule has 0 bridgehead atoms. The fourth-order valence-electron chi connectivity index (χ4n) is 1.91. The van der Waals surface area contributed by atoms with Crippen LogP contribution < -0.4 is 0 Å². The zero-order valence-electron chi connectivity index (χ0n) is 8.76. The van der Waals surface area contributed by atoms with Crippen molar-refractivity contribution in [1.82, 2.24) is 0 Å². The summed E-state index contributed by atoms with van der Waals surface area (Å²) in [6, 6.07) is 6.23. The molecule has 1 aromatic rings. The lowest BCUT2D eigenvalue weighted by molar-refractivity contribution is 0.747. The van der Waals surface area contributed by atoms with Gasteiger partial charge in [0.25, 0.3) is 0 Å². The summed E-state index contributed by atoms with van der Waals surface area (Å²) >= 11 is 12.2. The van der Waals surface area contributed by atoms with Crippen LogP contribution in [0.2, 0.25) is 5.02 Å². The van der Waals surface area contributed by atoms with Crippen LogP contribution in [0.15, 0.2) is 24.3 Å². The summed E-state index contributed by atoms with van der Waals surface area (Å²) in [5.74, 6) is 0. The minimum Gasteiger partial charge on any atom is -0.118 e. The molecule has 1 unspecified atom stereocenters. The molecule has 2 heteroatoms. The van der Waals surface area contributed by atoms with E-state index in [1.165, 1.54) is 17.6 Å². The molecule has 0 amide bonds. The molecule has 0 heterocycles. The number of aryl methyl sites for hydroxylation is 1.